The van der Waals surface area contributed by atoms with Gasteiger partial charge in [0.05, 0.1) is 12.5 Å². The van der Waals surface area contributed by atoms with E-state index in [0.29, 0.717) is 18.4 Å². The first-order chi connectivity index (χ1) is 34.3. The van der Waals surface area contributed by atoms with E-state index in [1.807, 2.05) is 34.6 Å². The van der Waals surface area contributed by atoms with Crippen LogP contribution < -0.4 is 70.8 Å². The second-order valence-electron chi connectivity index (χ2n) is 19.2. The SMILES string of the molecule is CCCCCC(O)CC(=O)N[C@H](CCN)C(=O)N[C@H]1CCNC(=O)[C@H](CC(C)C)NC(=O)[C@H](CCN)NC(=O)[C@H](CCN)NC(=O)[C@H](CC(C)C)NC(=O)[C@@H](Cc2ccccc2)NC(=O)[C@H](CCN)NC1=O. The van der Waals surface area contributed by atoms with Crippen molar-refractivity contribution in [2.45, 2.75) is 173 Å². The molecule has 1 aliphatic heterocycles. The lowest BCUT2D eigenvalue weighted by Gasteiger charge is -2.28. The predicted molar refractivity (Wildman–Crippen MR) is 272 cm³/mol. The molecule has 1 fully saturated rings. The fourth-order valence-corrected chi connectivity index (χ4v) is 8.04. The van der Waals surface area contributed by atoms with Crippen LogP contribution >= 0.6 is 0 Å². The van der Waals surface area contributed by atoms with Crippen molar-refractivity contribution in [3.63, 3.8) is 0 Å². The van der Waals surface area contributed by atoms with E-state index < -0.39 is 108 Å². The zero-order valence-electron chi connectivity index (χ0n) is 42.9. The monoisotopic (exact) mass is 1020 g/mol. The molecule has 1 heterocycles. The molecule has 23 nitrogen and oxygen atoms in total. The van der Waals surface area contributed by atoms with E-state index in [1.54, 1.807) is 30.3 Å². The molecule has 1 aliphatic rings. The standard InChI is InChI=1S/C49H85N13O10/c1-6-7-9-14-32(63)28-41(64)55-33(15-20-50)43(66)59-37-19-24-54-42(65)38(25-29(2)3)60-45(68)35(17-22-52)56-44(67)34(16-21-51)58-48(71)39(26-30(4)5)61-49(72)40(27-31-12-10-8-11-13-31)62-46(69)36(18-23-53)57-47(37)70/h8,10-13,29-30,32-40,63H,6-7,9,14-28,50-53H2,1-5H3,(H,54,65)(H,55,64)(H,56,67)(H,57,70)(H,58,71)(H,59,66)(H,60,68)(H,61,72)(H,62,69)/t32?,33-,34+,35+,36+,37+,38+,39+,40-/m1/s1. The maximum absolute atomic E-state index is 14.3. The minimum absolute atomic E-state index is 0.0449. The van der Waals surface area contributed by atoms with Crippen molar-refractivity contribution in [1.82, 2.24) is 47.9 Å². The van der Waals surface area contributed by atoms with Crippen LogP contribution in [0.5, 0.6) is 0 Å². The van der Waals surface area contributed by atoms with Gasteiger partial charge in [-0.25, -0.2) is 0 Å². The van der Waals surface area contributed by atoms with Gasteiger partial charge in [-0.15, -0.1) is 0 Å². The van der Waals surface area contributed by atoms with Crippen LogP contribution in [0.15, 0.2) is 30.3 Å². The van der Waals surface area contributed by atoms with Gasteiger partial charge in [0.15, 0.2) is 0 Å². The summed E-state index contributed by atoms with van der Waals surface area (Å²) in [5, 5.41) is 34.6. The van der Waals surface area contributed by atoms with Gasteiger partial charge < -0.3 is 75.9 Å². The van der Waals surface area contributed by atoms with E-state index in [9.17, 15) is 48.3 Å². The highest BCUT2D eigenvalue weighted by atomic mass is 16.3. The molecule has 18 N–H and O–H groups in total. The Morgan fingerprint density at radius 3 is 1.56 bits per heavy atom. The van der Waals surface area contributed by atoms with Crippen molar-refractivity contribution in [3.8, 4) is 0 Å². The van der Waals surface area contributed by atoms with Crippen LogP contribution in [0.1, 0.15) is 117 Å². The molecule has 0 bridgehead atoms. The molecule has 1 aromatic carbocycles. The number of hydrogen-bond acceptors (Lipinski definition) is 14. The Kier molecular flexibility index (Phi) is 29.3. The number of carbonyl (C=O) groups is 9. The minimum atomic E-state index is -1.47. The van der Waals surface area contributed by atoms with Crippen molar-refractivity contribution >= 4 is 53.2 Å². The molecule has 9 amide bonds. The first-order valence-electron chi connectivity index (χ1n) is 25.5. The number of carbonyl (C=O) groups excluding carboxylic acids is 9. The van der Waals surface area contributed by atoms with E-state index in [2.05, 4.69) is 47.9 Å². The number of amides is 9. The molecule has 0 radical (unpaired) electrons. The van der Waals surface area contributed by atoms with Gasteiger partial charge >= 0.3 is 0 Å². The summed E-state index contributed by atoms with van der Waals surface area (Å²) in [6.07, 6.45) is 1.30. The fourth-order valence-electron chi connectivity index (χ4n) is 8.04. The number of aliphatic hydroxyl groups excluding tert-OH is 1. The van der Waals surface area contributed by atoms with Gasteiger partial charge in [-0.2, -0.15) is 0 Å². The Bertz CT molecular complexity index is 1890. The zero-order valence-corrected chi connectivity index (χ0v) is 42.9. The van der Waals surface area contributed by atoms with Crippen molar-refractivity contribution in [3.05, 3.63) is 35.9 Å². The second kappa shape index (κ2) is 33.8. The molecule has 0 saturated carbocycles. The smallest absolute Gasteiger partial charge is 0.243 e. The molecule has 0 aromatic heterocycles. The van der Waals surface area contributed by atoms with Crippen molar-refractivity contribution < 1.29 is 48.3 Å². The zero-order chi connectivity index (χ0) is 53.8. The van der Waals surface area contributed by atoms with Crippen molar-refractivity contribution in [2.75, 3.05) is 32.7 Å². The molecule has 23 heteroatoms. The maximum atomic E-state index is 14.3. The van der Waals surface area contributed by atoms with Gasteiger partial charge in [0.1, 0.15) is 48.3 Å². The quantitative estimate of drug-likeness (QED) is 0.0502. The van der Waals surface area contributed by atoms with Crippen molar-refractivity contribution in [2.24, 2.45) is 34.8 Å². The number of hydrogen-bond donors (Lipinski definition) is 14. The van der Waals surface area contributed by atoms with E-state index in [1.165, 1.54) is 0 Å². The summed E-state index contributed by atoms with van der Waals surface area (Å²) in [7, 11) is 0. The first-order valence-corrected chi connectivity index (χ1v) is 25.5. The fraction of sp³-hybridized carbons (Fsp3) is 0.694. The minimum Gasteiger partial charge on any atom is -0.393 e. The number of aliphatic hydroxyl groups is 1. The van der Waals surface area contributed by atoms with Crippen LogP contribution in [0.3, 0.4) is 0 Å². The summed E-state index contributed by atoms with van der Waals surface area (Å²) in [5.74, 6) is -7.09. The third kappa shape index (κ3) is 23.2. The molecule has 0 aliphatic carbocycles. The molecular formula is C49H85N13O10. The van der Waals surface area contributed by atoms with Crippen LogP contribution in [0.25, 0.3) is 0 Å². The number of nitrogens with two attached hydrogens (primary N) is 4. The van der Waals surface area contributed by atoms with Crippen LogP contribution in [0.4, 0.5) is 0 Å². The number of rotatable bonds is 23. The topological polar surface area (TPSA) is 386 Å². The van der Waals surface area contributed by atoms with E-state index in [-0.39, 0.29) is 102 Å². The highest BCUT2D eigenvalue weighted by Crippen LogP contribution is 2.12. The van der Waals surface area contributed by atoms with Gasteiger partial charge in [-0.05, 0) is 94.9 Å². The number of nitrogens with one attached hydrogen (secondary N) is 9. The second-order valence-corrected chi connectivity index (χ2v) is 19.2. The first kappa shape index (κ1) is 62.4. The van der Waals surface area contributed by atoms with Gasteiger partial charge in [0.2, 0.25) is 53.2 Å². The molecule has 9 atom stereocenters. The molecule has 1 unspecified atom stereocenters. The highest BCUT2D eigenvalue weighted by Gasteiger charge is 2.35. The van der Waals surface area contributed by atoms with E-state index >= 15 is 0 Å². The van der Waals surface area contributed by atoms with Crippen LogP contribution in [-0.2, 0) is 49.6 Å². The van der Waals surface area contributed by atoms with Crippen LogP contribution in [0.2, 0.25) is 0 Å². The summed E-state index contributed by atoms with van der Waals surface area (Å²) in [6, 6.07) is -1.58. The molecule has 2 rings (SSSR count). The average molecular weight is 1020 g/mol. The molecule has 1 saturated heterocycles. The van der Waals surface area contributed by atoms with Gasteiger partial charge in [0.25, 0.3) is 0 Å². The Hall–Kier alpha value is -5.75. The molecule has 72 heavy (non-hydrogen) atoms. The maximum Gasteiger partial charge on any atom is 0.243 e. The number of benzene rings is 1. The van der Waals surface area contributed by atoms with Gasteiger partial charge in [0, 0.05) is 13.0 Å². The third-order valence-corrected chi connectivity index (χ3v) is 11.9. The van der Waals surface area contributed by atoms with Crippen LogP contribution in [-0.4, -0.2) is 145 Å². The Morgan fingerprint density at radius 2 is 1.07 bits per heavy atom. The lowest BCUT2D eigenvalue weighted by atomic mass is 10.00. The third-order valence-electron chi connectivity index (χ3n) is 11.9. The Morgan fingerprint density at radius 1 is 0.611 bits per heavy atom. The normalized spacial score (nSPS) is 23.3. The summed E-state index contributed by atoms with van der Waals surface area (Å²) >= 11 is 0. The molecular weight excluding hydrogens is 931 g/mol. The summed E-state index contributed by atoms with van der Waals surface area (Å²) < 4.78 is 0. The Balaban J connectivity index is 2.71. The lowest BCUT2D eigenvalue weighted by Crippen LogP contribution is -2.61. The van der Waals surface area contributed by atoms with Gasteiger partial charge in [-0.3, -0.25) is 43.2 Å². The molecule has 1 aromatic rings. The van der Waals surface area contributed by atoms with Gasteiger partial charge in [-0.1, -0.05) is 84.2 Å². The predicted octanol–water partition coefficient (Wildman–Crippen LogP) is -2.55. The highest BCUT2D eigenvalue weighted by molar-refractivity contribution is 5.98. The largest absolute Gasteiger partial charge is 0.393 e. The number of unbranched alkanes of at least 4 members (excludes halogenated alkanes) is 2. The van der Waals surface area contributed by atoms with Crippen molar-refractivity contribution in [1.29, 1.82) is 0 Å². The summed E-state index contributed by atoms with van der Waals surface area (Å²) in [4.78, 5) is 126. The average Bonchev–Trinajstić information content (AvgIpc) is 3.31. The van der Waals surface area contributed by atoms with Crippen LogP contribution in [0, 0.1) is 11.8 Å². The Labute approximate surface area is 424 Å². The summed E-state index contributed by atoms with van der Waals surface area (Å²) in [5.41, 5.74) is 24.2. The lowest BCUT2D eigenvalue weighted by molar-refractivity contribution is -0.136. The molecule has 406 valence electrons. The van der Waals surface area contributed by atoms with E-state index in [0.717, 1.165) is 12.8 Å². The molecule has 0 spiro atoms. The van der Waals surface area contributed by atoms with E-state index in [4.69, 9.17) is 22.9 Å². The summed E-state index contributed by atoms with van der Waals surface area (Å²) in [6.45, 7) is 8.81.